The van der Waals surface area contributed by atoms with Crippen LogP contribution in [0.1, 0.15) is 62.2 Å². The number of hydrogen-bond acceptors (Lipinski definition) is 7. The van der Waals surface area contributed by atoms with Crippen molar-refractivity contribution in [1.29, 1.82) is 0 Å². The van der Waals surface area contributed by atoms with Gasteiger partial charge >= 0.3 is 0 Å². The van der Waals surface area contributed by atoms with Crippen LogP contribution in [0, 0.1) is 31.6 Å². The van der Waals surface area contributed by atoms with Gasteiger partial charge in [-0.15, -0.1) is 0 Å². The summed E-state index contributed by atoms with van der Waals surface area (Å²) in [5.74, 6) is -1.53. The Labute approximate surface area is 201 Å². The molecule has 3 fully saturated rings. The molecule has 1 spiro atoms. The SMILES string of the molecule is O=C1C(=Cc2ccc([N+](=O)[O-])cc2)CCC12CC1CCCCC1(O)OC2c1ccc([N+](=O)[O-])cc1. The number of hydrogen-bond donors (Lipinski definition) is 1. The highest BCUT2D eigenvalue weighted by Crippen LogP contribution is 2.61. The number of non-ortho nitro benzene ring substituents is 2. The first-order valence-corrected chi connectivity index (χ1v) is 11.9. The first kappa shape index (κ1) is 23.3. The second-order valence-corrected chi connectivity index (χ2v) is 9.84. The second kappa shape index (κ2) is 8.66. The molecule has 2 aliphatic carbocycles. The molecule has 0 amide bonds. The molecule has 1 aliphatic heterocycles. The molecule has 9 nitrogen and oxygen atoms in total. The molecule has 0 radical (unpaired) electrons. The highest BCUT2D eigenvalue weighted by atomic mass is 16.6. The maximum atomic E-state index is 14.0. The lowest BCUT2D eigenvalue weighted by molar-refractivity contribution is -0.385. The molecule has 2 saturated carbocycles. The third-order valence-electron chi connectivity index (χ3n) is 7.85. The van der Waals surface area contributed by atoms with Gasteiger partial charge in [-0.25, -0.2) is 0 Å². The van der Waals surface area contributed by atoms with E-state index in [-0.39, 0.29) is 23.1 Å². The van der Waals surface area contributed by atoms with E-state index < -0.39 is 27.2 Å². The number of ketones is 1. The summed E-state index contributed by atoms with van der Waals surface area (Å²) in [4.78, 5) is 35.1. The molecule has 182 valence electrons. The van der Waals surface area contributed by atoms with Crippen molar-refractivity contribution in [3.8, 4) is 0 Å². The van der Waals surface area contributed by atoms with Gasteiger partial charge in [0.05, 0.1) is 21.4 Å². The van der Waals surface area contributed by atoms with Gasteiger partial charge in [0.25, 0.3) is 11.4 Å². The fraction of sp³-hybridized carbons (Fsp3) is 0.423. The number of nitro groups is 2. The molecule has 1 saturated heterocycles. The fourth-order valence-corrected chi connectivity index (χ4v) is 6.02. The molecule has 4 atom stereocenters. The summed E-state index contributed by atoms with van der Waals surface area (Å²) in [5.41, 5.74) is 1.01. The molecular formula is C26H26N2O7. The molecule has 4 unspecified atom stereocenters. The first-order valence-electron chi connectivity index (χ1n) is 11.9. The van der Waals surface area contributed by atoms with Gasteiger partial charge in [-0.3, -0.25) is 25.0 Å². The Morgan fingerprint density at radius 2 is 1.57 bits per heavy atom. The van der Waals surface area contributed by atoms with E-state index in [4.69, 9.17) is 4.74 Å². The Morgan fingerprint density at radius 3 is 2.20 bits per heavy atom. The zero-order chi connectivity index (χ0) is 24.8. The standard InChI is InChI=1S/C26H26N2O7/c29-23-19(15-17-4-8-21(9-5-17)27(31)32)12-14-25(23)16-20-3-1-2-13-26(20,30)35-24(25)18-6-10-22(11-7-18)28(33)34/h4-11,15,20,24,30H,1-3,12-14,16H2. The van der Waals surface area contributed by atoms with E-state index in [0.29, 0.717) is 42.4 Å². The van der Waals surface area contributed by atoms with Crippen molar-refractivity contribution in [2.75, 3.05) is 0 Å². The van der Waals surface area contributed by atoms with Gasteiger partial charge in [-0.1, -0.05) is 6.42 Å². The molecule has 0 aromatic heterocycles. The van der Waals surface area contributed by atoms with Crippen molar-refractivity contribution in [2.45, 2.75) is 56.8 Å². The fourth-order valence-electron chi connectivity index (χ4n) is 6.02. The average Bonchev–Trinajstić information content (AvgIpc) is 3.15. The molecule has 3 aliphatic rings. The van der Waals surface area contributed by atoms with Gasteiger partial charge in [-0.05, 0) is 79.1 Å². The summed E-state index contributed by atoms with van der Waals surface area (Å²) < 4.78 is 6.38. The van der Waals surface area contributed by atoms with Crippen LogP contribution >= 0.6 is 0 Å². The predicted molar refractivity (Wildman–Crippen MR) is 126 cm³/mol. The molecule has 1 N–H and O–H groups in total. The molecule has 1 heterocycles. The molecule has 0 bridgehead atoms. The number of allylic oxidation sites excluding steroid dienone is 1. The molecular weight excluding hydrogens is 452 g/mol. The van der Waals surface area contributed by atoms with Gasteiger partial charge in [0.1, 0.15) is 0 Å². The van der Waals surface area contributed by atoms with Crippen LogP contribution in [0.4, 0.5) is 11.4 Å². The minimum absolute atomic E-state index is 0.0168. The Morgan fingerprint density at radius 1 is 0.943 bits per heavy atom. The number of carbonyl (C=O) groups is 1. The van der Waals surface area contributed by atoms with Gasteiger partial charge < -0.3 is 9.84 Å². The summed E-state index contributed by atoms with van der Waals surface area (Å²) in [6, 6.07) is 12.1. The van der Waals surface area contributed by atoms with E-state index in [1.165, 1.54) is 24.3 Å². The molecule has 2 aromatic carbocycles. The summed E-state index contributed by atoms with van der Waals surface area (Å²) in [5, 5.41) is 33.4. The van der Waals surface area contributed by atoms with Crippen LogP contribution in [0.15, 0.2) is 54.1 Å². The predicted octanol–water partition coefficient (Wildman–Crippen LogP) is 5.28. The number of carbonyl (C=O) groups excluding carboxylic acids is 1. The van der Waals surface area contributed by atoms with Crippen molar-refractivity contribution in [2.24, 2.45) is 11.3 Å². The number of fused-ring (bicyclic) bond motifs is 1. The van der Waals surface area contributed by atoms with Gasteiger partial charge in [0, 0.05) is 36.6 Å². The Balaban J connectivity index is 1.52. The summed E-state index contributed by atoms with van der Waals surface area (Å²) >= 11 is 0. The molecule has 2 aromatic rings. The smallest absolute Gasteiger partial charge is 0.269 e. The Bertz CT molecular complexity index is 1210. The van der Waals surface area contributed by atoms with Crippen molar-refractivity contribution in [3.63, 3.8) is 0 Å². The number of benzene rings is 2. The maximum Gasteiger partial charge on any atom is 0.269 e. The normalized spacial score (nSPS) is 31.5. The van der Waals surface area contributed by atoms with Gasteiger partial charge in [0.2, 0.25) is 0 Å². The highest BCUT2D eigenvalue weighted by molar-refractivity contribution is 6.06. The van der Waals surface area contributed by atoms with Crippen LogP contribution in [0.3, 0.4) is 0 Å². The van der Waals surface area contributed by atoms with E-state index >= 15 is 0 Å². The van der Waals surface area contributed by atoms with E-state index in [9.17, 15) is 30.1 Å². The monoisotopic (exact) mass is 478 g/mol. The first-order chi connectivity index (χ1) is 16.7. The maximum absolute atomic E-state index is 14.0. The van der Waals surface area contributed by atoms with Crippen LogP contribution in [0.25, 0.3) is 6.08 Å². The number of nitro benzene ring substituents is 2. The van der Waals surface area contributed by atoms with Crippen LogP contribution in [-0.4, -0.2) is 26.5 Å². The third kappa shape index (κ3) is 4.04. The largest absolute Gasteiger partial charge is 0.365 e. The van der Waals surface area contributed by atoms with Crippen LogP contribution in [0.2, 0.25) is 0 Å². The Hall–Kier alpha value is -3.43. The minimum atomic E-state index is -1.32. The number of nitrogens with zero attached hydrogens (tertiary/aromatic N) is 2. The lowest BCUT2D eigenvalue weighted by Crippen LogP contribution is -2.55. The average molecular weight is 479 g/mol. The van der Waals surface area contributed by atoms with Crippen molar-refractivity contribution >= 4 is 23.2 Å². The number of aliphatic hydroxyl groups is 1. The zero-order valence-electron chi connectivity index (χ0n) is 19.1. The topological polar surface area (TPSA) is 133 Å². The quantitative estimate of drug-likeness (QED) is 0.359. The number of rotatable bonds is 4. The minimum Gasteiger partial charge on any atom is -0.365 e. The van der Waals surface area contributed by atoms with Crippen LogP contribution < -0.4 is 0 Å². The van der Waals surface area contributed by atoms with Gasteiger partial charge in [-0.2, -0.15) is 0 Å². The van der Waals surface area contributed by atoms with Crippen molar-refractivity contribution in [3.05, 3.63) is 85.5 Å². The Kier molecular flexibility index (Phi) is 5.77. The molecule has 5 rings (SSSR count). The van der Waals surface area contributed by atoms with Gasteiger partial charge in [0.15, 0.2) is 11.6 Å². The number of ether oxygens (including phenoxy) is 1. The van der Waals surface area contributed by atoms with E-state index in [2.05, 4.69) is 0 Å². The van der Waals surface area contributed by atoms with Crippen molar-refractivity contribution < 1.29 is 24.5 Å². The highest BCUT2D eigenvalue weighted by Gasteiger charge is 2.61. The second-order valence-electron chi connectivity index (χ2n) is 9.84. The van der Waals surface area contributed by atoms with E-state index in [0.717, 1.165) is 19.3 Å². The molecule has 9 heteroatoms. The van der Waals surface area contributed by atoms with Crippen LogP contribution in [0.5, 0.6) is 0 Å². The third-order valence-corrected chi connectivity index (χ3v) is 7.85. The van der Waals surface area contributed by atoms with Crippen molar-refractivity contribution in [1.82, 2.24) is 0 Å². The van der Waals surface area contributed by atoms with Crippen LogP contribution in [-0.2, 0) is 9.53 Å². The zero-order valence-corrected chi connectivity index (χ0v) is 19.1. The summed E-state index contributed by atoms with van der Waals surface area (Å²) in [6.07, 6.45) is 5.68. The lowest BCUT2D eigenvalue weighted by Gasteiger charge is -2.53. The van der Waals surface area contributed by atoms with E-state index in [1.807, 2.05) is 0 Å². The lowest BCUT2D eigenvalue weighted by atomic mass is 9.63. The summed E-state index contributed by atoms with van der Waals surface area (Å²) in [7, 11) is 0. The molecule has 35 heavy (non-hydrogen) atoms. The summed E-state index contributed by atoms with van der Waals surface area (Å²) in [6.45, 7) is 0. The number of Topliss-reactive ketones (excluding diaryl/α,β-unsaturated/α-hetero) is 1. The van der Waals surface area contributed by atoms with E-state index in [1.54, 1.807) is 30.3 Å².